The van der Waals surface area contributed by atoms with Gasteiger partial charge in [0.2, 0.25) is 5.91 Å². The lowest BCUT2D eigenvalue weighted by Crippen LogP contribution is -2.63. The Balaban J connectivity index is 1.57. The number of carbonyl (C=O) groups excluding carboxylic acids is 1. The van der Waals surface area contributed by atoms with Crippen molar-refractivity contribution in [2.75, 3.05) is 56.3 Å². The molecule has 2 aliphatic rings. The highest BCUT2D eigenvalue weighted by atomic mass is 19.4. The van der Waals surface area contributed by atoms with E-state index in [4.69, 9.17) is 9.72 Å². The second kappa shape index (κ2) is 12.1. The van der Waals surface area contributed by atoms with Crippen molar-refractivity contribution in [3.05, 3.63) is 76.7 Å². The van der Waals surface area contributed by atoms with Gasteiger partial charge in [0.1, 0.15) is 11.6 Å². The maximum Gasteiger partial charge on any atom is 0.416 e. The minimum atomic E-state index is -4.56. The number of ether oxygens (including phenoxy) is 1. The van der Waals surface area contributed by atoms with Crippen LogP contribution in [0, 0.1) is 19.7 Å². The van der Waals surface area contributed by atoms with Gasteiger partial charge in [0.15, 0.2) is 0 Å². The van der Waals surface area contributed by atoms with Gasteiger partial charge in [0.25, 0.3) is 0 Å². The van der Waals surface area contributed by atoms with E-state index in [2.05, 4.69) is 4.90 Å². The molecule has 0 unspecified atom stereocenters. The lowest BCUT2D eigenvalue weighted by molar-refractivity contribution is -0.137. The summed E-state index contributed by atoms with van der Waals surface area (Å²) in [5, 5.41) is 10.3. The van der Waals surface area contributed by atoms with Crippen LogP contribution in [0.3, 0.4) is 0 Å². The average molecular weight is 615 g/mol. The molecule has 0 spiro atoms. The standard InChI is InChI=1S/C33H38F4N4O3/c1-20-10-22(13-23(11-20)33(35,36)37)32(3,4)31(43)39(5)29-15-38-30(14-28(29)27-7-6-24(34)12-21(27)2)41-17-26-19-44-9-8-40(26)16-25(41)18-42/h6-7,10-15,25-26,42H,8-9,16-19H2,1-5H3/t25-,26-/m0/s1. The first-order valence-corrected chi connectivity index (χ1v) is 14.6. The monoisotopic (exact) mass is 614 g/mol. The summed E-state index contributed by atoms with van der Waals surface area (Å²) in [4.78, 5) is 24.6. The number of likely N-dealkylation sites (N-methyl/N-ethyl adjacent to an activating group) is 1. The van der Waals surface area contributed by atoms with Crippen molar-refractivity contribution in [1.82, 2.24) is 9.88 Å². The summed E-state index contributed by atoms with van der Waals surface area (Å²) >= 11 is 0. The van der Waals surface area contributed by atoms with Crippen molar-refractivity contribution >= 4 is 17.4 Å². The summed E-state index contributed by atoms with van der Waals surface area (Å²) < 4.78 is 60.8. The molecule has 2 aromatic carbocycles. The number of morpholine rings is 1. The van der Waals surface area contributed by atoms with Gasteiger partial charge in [-0.1, -0.05) is 17.7 Å². The molecule has 2 fully saturated rings. The number of aromatic nitrogens is 1. The fraction of sp³-hybridized carbons (Fsp3) is 0.455. The number of hydrogen-bond acceptors (Lipinski definition) is 6. The Morgan fingerprint density at radius 2 is 1.80 bits per heavy atom. The summed E-state index contributed by atoms with van der Waals surface area (Å²) in [5.74, 6) is -0.250. The molecule has 1 N–H and O–H groups in total. The Morgan fingerprint density at radius 3 is 2.48 bits per heavy atom. The first-order valence-electron chi connectivity index (χ1n) is 14.6. The van der Waals surface area contributed by atoms with Crippen LogP contribution >= 0.6 is 0 Å². The van der Waals surface area contributed by atoms with Gasteiger partial charge < -0.3 is 19.6 Å². The molecule has 2 atom stereocenters. The van der Waals surface area contributed by atoms with Crippen LogP contribution in [0.25, 0.3) is 11.1 Å². The lowest BCUT2D eigenvalue weighted by Gasteiger charge is -2.48. The van der Waals surface area contributed by atoms with E-state index in [-0.39, 0.29) is 24.3 Å². The SMILES string of the molecule is Cc1cc(C(F)(F)F)cc(C(C)(C)C(=O)N(C)c2cnc(N3C[C@H]4COCCN4C[C@H]3CO)cc2-c2ccc(F)cc2C)c1. The number of alkyl halides is 3. The number of hydrogen-bond donors (Lipinski definition) is 1. The molecule has 1 aromatic heterocycles. The smallest absolute Gasteiger partial charge is 0.394 e. The van der Waals surface area contributed by atoms with E-state index in [0.717, 1.165) is 18.7 Å². The first kappa shape index (κ1) is 31.9. The van der Waals surface area contributed by atoms with Crippen LogP contribution in [0.4, 0.5) is 29.1 Å². The van der Waals surface area contributed by atoms with Gasteiger partial charge in [0, 0.05) is 32.2 Å². The van der Waals surface area contributed by atoms with Crippen LogP contribution in [0.2, 0.25) is 0 Å². The number of carbonyl (C=O) groups is 1. The summed E-state index contributed by atoms with van der Waals surface area (Å²) in [7, 11) is 1.57. The van der Waals surface area contributed by atoms with Gasteiger partial charge >= 0.3 is 6.18 Å². The Kier molecular flexibility index (Phi) is 8.76. The van der Waals surface area contributed by atoms with E-state index in [9.17, 15) is 27.5 Å². The van der Waals surface area contributed by atoms with Crippen molar-refractivity contribution in [2.24, 2.45) is 0 Å². The van der Waals surface area contributed by atoms with Crippen LogP contribution < -0.4 is 9.80 Å². The molecule has 0 bridgehead atoms. The fourth-order valence-corrected chi connectivity index (χ4v) is 6.25. The summed E-state index contributed by atoms with van der Waals surface area (Å²) in [6.45, 7) is 9.68. The third-order valence-electron chi connectivity index (χ3n) is 8.82. The molecule has 44 heavy (non-hydrogen) atoms. The number of pyridine rings is 1. The normalized spacial score (nSPS) is 19.5. The molecule has 0 saturated carbocycles. The number of amides is 1. The third-order valence-corrected chi connectivity index (χ3v) is 8.82. The highest BCUT2D eigenvalue weighted by Gasteiger charge is 2.39. The summed E-state index contributed by atoms with van der Waals surface area (Å²) in [6, 6.07) is 9.82. The molecule has 2 aliphatic heterocycles. The number of aliphatic hydroxyl groups is 1. The summed E-state index contributed by atoms with van der Waals surface area (Å²) in [6.07, 6.45) is -2.99. The van der Waals surface area contributed by atoms with Gasteiger partial charge in [-0.25, -0.2) is 9.37 Å². The van der Waals surface area contributed by atoms with Crippen molar-refractivity contribution in [3.8, 4) is 11.1 Å². The predicted molar refractivity (Wildman–Crippen MR) is 161 cm³/mol. The van der Waals surface area contributed by atoms with E-state index in [1.165, 1.54) is 17.0 Å². The van der Waals surface area contributed by atoms with E-state index in [1.54, 1.807) is 53.1 Å². The van der Waals surface area contributed by atoms with Crippen LogP contribution in [0.1, 0.15) is 36.1 Å². The lowest BCUT2D eigenvalue weighted by atomic mass is 9.81. The van der Waals surface area contributed by atoms with Crippen LogP contribution in [0.5, 0.6) is 0 Å². The van der Waals surface area contributed by atoms with Gasteiger partial charge in [-0.2, -0.15) is 13.2 Å². The zero-order chi connectivity index (χ0) is 32.0. The molecular formula is C33H38F4N4O3. The van der Waals surface area contributed by atoms with E-state index in [1.807, 2.05) is 11.0 Å². The third kappa shape index (κ3) is 6.18. The molecule has 11 heteroatoms. The molecule has 0 radical (unpaired) electrons. The molecule has 2 saturated heterocycles. The molecule has 236 valence electrons. The number of nitrogens with zero attached hydrogens (tertiary/aromatic N) is 4. The number of rotatable bonds is 6. The first-order chi connectivity index (χ1) is 20.7. The van der Waals surface area contributed by atoms with Crippen LogP contribution in [-0.4, -0.2) is 79.5 Å². The van der Waals surface area contributed by atoms with E-state index >= 15 is 0 Å². The molecular weight excluding hydrogens is 576 g/mol. The van der Waals surface area contributed by atoms with E-state index < -0.39 is 28.9 Å². The Morgan fingerprint density at radius 1 is 1.07 bits per heavy atom. The maximum atomic E-state index is 14.2. The number of anilines is 2. The molecule has 5 rings (SSSR count). The van der Waals surface area contributed by atoms with Crippen LogP contribution in [0.15, 0.2) is 48.7 Å². The van der Waals surface area contributed by atoms with E-state index in [0.29, 0.717) is 60.1 Å². The molecule has 1 amide bonds. The van der Waals surface area contributed by atoms with Gasteiger partial charge in [-0.3, -0.25) is 9.69 Å². The molecule has 7 nitrogen and oxygen atoms in total. The number of halogens is 4. The number of aliphatic hydroxyl groups excluding tert-OH is 1. The largest absolute Gasteiger partial charge is 0.416 e. The van der Waals surface area contributed by atoms with Crippen molar-refractivity contribution < 1.29 is 32.2 Å². The predicted octanol–water partition coefficient (Wildman–Crippen LogP) is 5.35. The second-order valence-corrected chi connectivity index (χ2v) is 12.3. The zero-order valence-electron chi connectivity index (χ0n) is 25.6. The summed E-state index contributed by atoms with van der Waals surface area (Å²) in [5.41, 5.74) is 0.848. The van der Waals surface area contributed by atoms with Gasteiger partial charge in [-0.15, -0.1) is 0 Å². The Bertz CT molecular complexity index is 1540. The maximum absolute atomic E-state index is 14.2. The Hall–Kier alpha value is -3.54. The Labute approximate surface area is 255 Å². The average Bonchev–Trinajstić information content (AvgIpc) is 2.98. The van der Waals surface area contributed by atoms with Crippen molar-refractivity contribution in [3.63, 3.8) is 0 Å². The number of piperazine rings is 1. The van der Waals surface area contributed by atoms with Crippen LogP contribution in [-0.2, 0) is 21.1 Å². The minimum absolute atomic E-state index is 0.0819. The highest BCUT2D eigenvalue weighted by Crippen LogP contribution is 2.39. The molecule has 0 aliphatic carbocycles. The topological polar surface area (TPSA) is 69.1 Å². The quantitative estimate of drug-likeness (QED) is 0.378. The number of fused-ring (bicyclic) bond motifs is 1. The number of benzene rings is 2. The highest BCUT2D eigenvalue weighted by molar-refractivity contribution is 6.03. The minimum Gasteiger partial charge on any atom is -0.394 e. The number of aryl methyl sites for hydroxylation is 2. The zero-order valence-corrected chi connectivity index (χ0v) is 25.6. The van der Waals surface area contributed by atoms with Gasteiger partial charge in [-0.05, 0) is 74.7 Å². The molecule has 3 aromatic rings. The molecule has 3 heterocycles. The fourth-order valence-electron chi connectivity index (χ4n) is 6.25. The van der Waals surface area contributed by atoms with Crippen molar-refractivity contribution in [2.45, 2.75) is 51.4 Å². The van der Waals surface area contributed by atoms with Gasteiger partial charge in [0.05, 0.1) is 54.8 Å². The van der Waals surface area contributed by atoms with Crippen molar-refractivity contribution in [1.29, 1.82) is 0 Å². The second-order valence-electron chi connectivity index (χ2n) is 12.3.